The smallest absolute Gasteiger partial charge is 0.407 e. The Morgan fingerprint density at radius 3 is 2.73 bits per heavy atom. The second-order valence-electron chi connectivity index (χ2n) is 9.41. The van der Waals surface area contributed by atoms with Gasteiger partial charge < -0.3 is 15.3 Å². The van der Waals surface area contributed by atoms with Crippen LogP contribution in [0, 0.1) is 11.3 Å². The van der Waals surface area contributed by atoms with E-state index in [-0.39, 0.29) is 22.9 Å². The summed E-state index contributed by atoms with van der Waals surface area (Å²) in [6, 6.07) is 5.13. The quantitative estimate of drug-likeness (QED) is 0.484. The molecule has 0 bridgehead atoms. The minimum absolute atomic E-state index is 0.0380. The van der Waals surface area contributed by atoms with Crippen molar-refractivity contribution in [1.29, 1.82) is 0 Å². The lowest BCUT2D eigenvalue weighted by atomic mass is 9.79. The summed E-state index contributed by atoms with van der Waals surface area (Å²) in [7, 11) is 0. The number of hydrogen-bond acceptors (Lipinski definition) is 5. The summed E-state index contributed by atoms with van der Waals surface area (Å²) >= 11 is 12.0. The molecule has 3 heterocycles. The highest BCUT2D eigenvalue weighted by atomic mass is 35.5. The summed E-state index contributed by atoms with van der Waals surface area (Å²) in [5, 5.41) is 18.0. The maximum atomic E-state index is 12.9. The van der Waals surface area contributed by atoms with Crippen molar-refractivity contribution < 1.29 is 9.90 Å². The van der Waals surface area contributed by atoms with Gasteiger partial charge in [-0.2, -0.15) is 5.10 Å². The number of aromatic nitrogens is 4. The molecule has 1 fully saturated rings. The molecule has 3 aromatic rings. The van der Waals surface area contributed by atoms with Gasteiger partial charge in [0.15, 0.2) is 5.52 Å². The van der Waals surface area contributed by atoms with Crippen LogP contribution in [0.1, 0.15) is 32.8 Å². The molecule has 1 aliphatic rings. The van der Waals surface area contributed by atoms with E-state index in [1.54, 1.807) is 23.0 Å². The van der Waals surface area contributed by atoms with Crippen molar-refractivity contribution in [2.45, 2.75) is 46.3 Å². The highest BCUT2D eigenvalue weighted by Gasteiger charge is 2.44. The van der Waals surface area contributed by atoms with Crippen LogP contribution >= 0.6 is 23.2 Å². The Bertz CT molecular complexity index is 1250. The Morgan fingerprint density at radius 1 is 1.30 bits per heavy atom. The van der Waals surface area contributed by atoms with Gasteiger partial charge in [-0.25, -0.2) is 9.78 Å². The van der Waals surface area contributed by atoms with Gasteiger partial charge in [-0.1, -0.05) is 50.0 Å². The molecule has 2 aromatic heterocycles. The number of H-pyrrole nitrogens is 1. The van der Waals surface area contributed by atoms with Gasteiger partial charge in [-0.05, 0) is 29.5 Å². The molecule has 1 aromatic carbocycles. The Morgan fingerprint density at radius 2 is 2.06 bits per heavy atom. The van der Waals surface area contributed by atoms with E-state index in [4.69, 9.17) is 23.2 Å². The number of carbonyl (C=O) groups is 1. The number of anilines is 1. The summed E-state index contributed by atoms with van der Waals surface area (Å²) < 4.78 is 1.64. The van der Waals surface area contributed by atoms with E-state index in [0.717, 1.165) is 5.56 Å². The van der Waals surface area contributed by atoms with Crippen LogP contribution in [0.3, 0.4) is 0 Å². The third kappa shape index (κ3) is 4.79. The van der Waals surface area contributed by atoms with Gasteiger partial charge in [0.25, 0.3) is 5.56 Å². The molecule has 33 heavy (non-hydrogen) atoms. The van der Waals surface area contributed by atoms with Gasteiger partial charge in [0.05, 0.1) is 16.2 Å². The lowest BCUT2D eigenvalue weighted by Gasteiger charge is -2.37. The van der Waals surface area contributed by atoms with E-state index in [1.165, 1.54) is 4.90 Å². The number of amides is 1. The minimum Gasteiger partial charge on any atom is -0.465 e. The molecule has 1 saturated heterocycles. The van der Waals surface area contributed by atoms with Crippen LogP contribution in [-0.4, -0.2) is 48.4 Å². The lowest BCUT2D eigenvalue weighted by molar-refractivity contribution is 0.0871. The fraction of sp³-hybridized carbons (Fsp3) is 0.455. The monoisotopic (exact) mass is 492 g/mol. The van der Waals surface area contributed by atoms with Crippen molar-refractivity contribution >= 4 is 46.3 Å². The summed E-state index contributed by atoms with van der Waals surface area (Å²) in [6.45, 7) is 7.42. The third-order valence-corrected chi connectivity index (χ3v) is 6.75. The molecule has 2 atom stereocenters. The van der Waals surface area contributed by atoms with Crippen LogP contribution < -0.4 is 10.9 Å². The lowest BCUT2D eigenvalue weighted by Crippen LogP contribution is -2.46. The van der Waals surface area contributed by atoms with Gasteiger partial charge in [-0.3, -0.25) is 14.5 Å². The molecule has 1 amide bonds. The molecule has 9 nitrogen and oxygen atoms in total. The van der Waals surface area contributed by atoms with Gasteiger partial charge in [0.1, 0.15) is 5.52 Å². The van der Waals surface area contributed by atoms with Crippen molar-refractivity contribution in [3.63, 3.8) is 0 Å². The number of aromatic amines is 1. The van der Waals surface area contributed by atoms with Crippen molar-refractivity contribution in [1.82, 2.24) is 24.6 Å². The van der Waals surface area contributed by atoms with E-state index in [9.17, 15) is 14.7 Å². The predicted octanol–water partition coefficient (Wildman–Crippen LogP) is 4.45. The van der Waals surface area contributed by atoms with E-state index in [2.05, 4.69) is 20.4 Å². The second-order valence-corrected chi connectivity index (χ2v) is 10.2. The van der Waals surface area contributed by atoms with E-state index >= 15 is 0 Å². The SMILES string of the molecule is CC(C)(C)C1C(Cn2ncc3nc(NCc4ccc(Cl)c(Cl)c4)[nH]c(=O)c32)CCN1C(=O)O. The molecule has 0 aliphatic carbocycles. The van der Waals surface area contributed by atoms with Crippen LogP contribution in [0.25, 0.3) is 11.0 Å². The first-order chi connectivity index (χ1) is 15.5. The molecule has 4 rings (SSSR count). The molecule has 2 unspecified atom stereocenters. The largest absolute Gasteiger partial charge is 0.465 e. The number of nitrogens with one attached hydrogen (secondary N) is 2. The molecule has 176 valence electrons. The third-order valence-electron chi connectivity index (χ3n) is 6.01. The molecular formula is C22H26Cl2N6O3. The van der Waals surface area contributed by atoms with Gasteiger partial charge >= 0.3 is 6.09 Å². The van der Waals surface area contributed by atoms with Gasteiger partial charge in [-0.15, -0.1) is 0 Å². The number of benzene rings is 1. The zero-order valence-corrected chi connectivity index (χ0v) is 20.1. The molecule has 0 saturated carbocycles. The van der Waals surface area contributed by atoms with Crippen LogP contribution in [0.15, 0.2) is 29.2 Å². The molecule has 3 N–H and O–H groups in total. The van der Waals surface area contributed by atoms with Crippen LogP contribution in [0.5, 0.6) is 0 Å². The zero-order chi connectivity index (χ0) is 23.9. The fourth-order valence-electron chi connectivity index (χ4n) is 4.72. The Balaban J connectivity index is 1.55. The number of carboxylic acid groups (broad SMARTS) is 1. The number of nitrogens with zero attached hydrogens (tertiary/aromatic N) is 4. The van der Waals surface area contributed by atoms with E-state index in [1.807, 2.05) is 26.8 Å². The van der Waals surface area contributed by atoms with Gasteiger partial charge in [0, 0.05) is 31.6 Å². The van der Waals surface area contributed by atoms with E-state index < -0.39 is 6.09 Å². The predicted molar refractivity (Wildman–Crippen MR) is 128 cm³/mol. The Labute approximate surface area is 200 Å². The second kappa shape index (κ2) is 8.87. The average Bonchev–Trinajstić information content (AvgIpc) is 3.34. The number of fused-ring (bicyclic) bond motifs is 1. The van der Waals surface area contributed by atoms with Crippen LogP contribution in [0.4, 0.5) is 10.7 Å². The molecule has 0 radical (unpaired) electrons. The summed E-state index contributed by atoms with van der Waals surface area (Å²) in [5.74, 6) is 0.361. The fourth-order valence-corrected chi connectivity index (χ4v) is 5.04. The zero-order valence-electron chi connectivity index (χ0n) is 18.6. The summed E-state index contributed by atoms with van der Waals surface area (Å²) in [5.41, 5.74) is 1.18. The van der Waals surface area contributed by atoms with Crippen molar-refractivity contribution in [3.8, 4) is 0 Å². The van der Waals surface area contributed by atoms with Gasteiger partial charge in [0.2, 0.25) is 5.95 Å². The highest BCUT2D eigenvalue weighted by molar-refractivity contribution is 6.42. The summed E-state index contributed by atoms with van der Waals surface area (Å²) in [6.07, 6.45) is 1.36. The normalized spacial score (nSPS) is 18.8. The van der Waals surface area contributed by atoms with Crippen LogP contribution in [0.2, 0.25) is 10.0 Å². The topological polar surface area (TPSA) is 116 Å². The number of rotatable bonds is 5. The maximum absolute atomic E-state index is 12.9. The minimum atomic E-state index is -0.917. The highest BCUT2D eigenvalue weighted by Crippen LogP contribution is 2.38. The van der Waals surface area contributed by atoms with E-state index in [0.29, 0.717) is 53.1 Å². The Hall–Kier alpha value is -2.78. The Kier molecular flexibility index (Phi) is 6.28. The number of likely N-dealkylation sites (tertiary alicyclic amines) is 1. The first kappa shape index (κ1) is 23.4. The molecule has 0 spiro atoms. The maximum Gasteiger partial charge on any atom is 0.407 e. The molecular weight excluding hydrogens is 467 g/mol. The number of hydrogen-bond donors (Lipinski definition) is 3. The summed E-state index contributed by atoms with van der Waals surface area (Å²) in [4.78, 5) is 33.4. The average molecular weight is 493 g/mol. The van der Waals surface area contributed by atoms with Crippen molar-refractivity contribution in [2.24, 2.45) is 11.3 Å². The van der Waals surface area contributed by atoms with Crippen molar-refractivity contribution in [3.05, 3.63) is 50.4 Å². The first-order valence-electron chi connectivity index (χ1n) is 10.7. The molecule has 11 heteroatoms. The first-order valence-corrected chi connectivity index (χ1v) is 11.4. The molecule has 1 aliphatic heterocycles. The number of halogens is 2. The van der Waals surface area contributed by atoms with Crippen molar-refractivity contribution in [2.75, 3.05) is 11.9 Å². The van der Waals surface area contributed by atoms with Crippen LogP contribution in [-0.2, 0) is 13.1 Å². The standard InChI is InChI=1S/C22H26Cl2N6O3/c1-22(2,3)18-13(6-7-29(18)21(32)33)11-30-17-16(10-26-30)27-20(28-19(17)31)25-9-12-4-5-14(23)15(24)8-12/h4-5,8,10,13,18H,6-7,9,11H2,1-3H3,(H,32,33)(H2,25,27,28,31).